The van der Waals surface area contributed by atoms with E-state index in [0.29, 0.717) is 57.9 Å². The minimum atomic E-state index is -5.03. The van der Waals surface area contributed by atoms with E-state index >= 15 is 0 Å². The summed E-state index contributed by atoms with van der Waals surface area (Å²) in [5.74, 6) is 0.872. The monoisotopic (exact) mass is 1690 g/mol. The zero-order valence-electron chi connectivity index (χ0n) is 57.0. The third kappa shape index (κ3) is 17.6. The van der Waals surface area contributed by atoms with Gasteiger partial charge in [-0.15, -0.1) is 45.3 Å². The molecule has 0 amide bonds. The fraction of sp³-hybridized carbons (Fsp3) is 0.0130. The van der Waals surface area contributed by atoms with Crippen LogP contribution in [0.3, 0.4) is 0 Å². The summed E-state index contributed by atoms with van der Waals surface area (Å²) in [4.78, 5) is 45.1. The van der Waals surface area contributed by atoms with Gasteiger partial charge in [-0.2, -0.15) is 0 Å². The molecule has 0 fully saturated rings. The average Bonchev–Trinajstić information content (AvgIpc) is 1.62. The van der Waals surface area contributed by atoms with Crippen LogP contribution in [0.2, 0.25) is 0 Å². The zero-order valence-corrected chi connectivity index (χ0v) is 73.8. The average molecular weight is 1700 g/mol. The molecular formula is C77H48Na3O15P3S10. The number of phenols is 1. The number of aryl methyl sites for hydroxylation is 1. The summed E-state index contributed by atoms with van der Waals surface area (Å²) >= 11 is 12.6. The Labute approximate surface area is 725 Å². The summed E-state index contributed by atoms with van der Waals surface area (Å²) in [6.45, 7) is 1.99. The number of hydrogen-bond acceptors (Lipinski definition) is 23. The van der Waals surface area contributed by atoms with E-state index in [1.54, 1.807) is 232 Å². The Morgan fingerprint density at radius 3 is 1.08 bits per heavy atom. The van der Waals surface area contributed by atoms with Gasteiger partial charge in [-0.05, 0) is 166 Å². The van der Waals surface area contributed by atoms with Crippen LogP contribution < -0.4 is 103 Å². The third-order valence-electron chi connectivity index (χ3n) is 16.4. The second kappa shape index (κ2) is 34.7. The Balaban J connectivity index is 0.000000141. The van der Waals surface area contributed by atoms with Crippen LogP contribution in [-0.2, 0) is 62.4 Å². The van der Waals surface area contributed by atoms with Crippen molar-refractivity contribution in [2.45, 2.75) is 62.9 Å². The Morgan fingerprint density at radius 1 is 0.315 bits per heavy atom. The first-order chi connectivity index (χ1) is 50.8. The minimum Gasteiger partial charge on any atom is -0.736 e. The van der Waals surface area contributed by atoms with Crippen molar-refractivity contribution >= 4 is 208 Å². The molecule has 12 aromatic rings. The Bertz CT molecular complexity index is 5600. The van der Waals surface area contributed by atoms with Gasteiger partial charge in [0, 0.05) is 59.2 Å². The molecule has 6 aliphatic rings. The SMILES string of the molecule is Cc1cccc2c1Sc1ccccc1C=C2OP(=O)([O-])OC1=Cc2ccccc2Sc2c(O)cccc21.O=P([O-])(OC1=Cc2ccsc2Sc2sccc21)OC1=Cc2ccsc2Sc2sccc21.O=S1c2ccccc2C=C(OP(=O)([O-])OC2=Cc3ccccc3S(=O)c3ccccc32)c2ccccc21.[Na+].[Na+].[Na+]. The largest absolute Gasteiger partial charge is 1.00 e. The number of phosphoric ester groups is 3. The standard InChI is InChI=1S/C29H21O5PS2.C28H19O6PS2.C20H11O4PS6.3Na/c1-18-8-6-11-21-24(16-19-9-2-4-14-26(19)36-28(18)21)33-35(31,32)34-25-17-20-10-3-5-15-27(20)37-29-22(25)12-7-13-23(29)30;29-35(30,33-23-17-19-9-1-5-13-25(19)36(31)27-15-7-3-11-21(23)27)34-24-18-20-10-2-6-14-26(20)37(32)28-16-8-4-12-22(24)28;21-25(22,23-15-9-11-1-5-26-17(11)30-19-13(15)3-7-28-19)24-16-10-12-2-6-27-18(12)31-20-14(16)4-8-29-20;;;/h2-17,30H,1H3,(H,31,32);1-18H,(H,29,30);1-10H,(H,21,22);;;/q;;;3*+1/p-3. The van der Waals surface area contributed by atoms with Gasteiger partial charge in [0.1, 0.15) is 40.3 Å². The summed E-state index contributed by atoms with van der Waals surface area (Å²) in [6, 6.07) is 61.3. The molecule has 0 saturated carbocycles. The van der Waals surface area contributed by atoms with Gasteiger partial charge in [-0.1, -0.05) is 181 Å². The molecule has 3 unspecified atom stereocenters. The molecule has 31 heteroatoms. The van der Waals surface area contributed by atoms with E-state index < -0.39 is 45.1 Å². The van der Waals surface area contributed by atoms with Gasteiger partial charge in [-0.25, -0.2) is 22.1 Å². The zero-order chi connectivity index (χ0) is 72.1. The summed E-state index contributed by atoms with van der Waals surface area (Å²) in [5.41, 5.74) is 9.14. The Morgan fingerprint density at radius 2 is 0.630 bits per heavy atom. The second-order valence-corrected chi connectivity index (χ2v) is 38.7. The molecule has 0 spiro atoms. The van der Waals surface area contributed by atoms with Crippen molar-refractivity contribution in [2.75, 3.05) is 0 Å². The van der Waals surface area contributed by atoms with Gasteiger partial charge in [0.15, 0.2) is 0 Å². The molecule has 4 aromatic heterocycles. The van der Waals surface area contributed by atoms with E-state index in [1.807, 2.05) is 119 Å². The number of benzene rings is 8. The van der Waals surface area contributed by atoms with Gasteiger partial charge < -0.3 is 46.9 Å². The number of aromatic hydroxyl groups is 1. The predicted molar refractivity (Wildman–Crippen MR) is 418 cm³/mol. The fourth-order valence-corrected chi connectivity index (χ4v) is 25.6. The van der Waals surface area contributed by atoms with E-state index in [-0.39, 0.29) is 129 Å². The molecule has 108 heavy (non-hydrogen) atoms. The topological polar surface area (TPSA) is 230 Å². The fourth-order valence-electron chi connectivity index (χ4n) is 11.7. The molecular weight excluding hydrogens is 1650 g/mol. The third-order valence-corrected chi connectivity index (χ3v) is 31.2. The van der Waals surface area contributed by atoms with Crippen molar-refractivity contribution in [3.8, 4) is 5.75 Å². The maximum absolute atomic E-state index is 13.4. The number of phenolic OH excluding ortho intramolecular Hbond substituents is 1. The molecule has 1 N–H and O–H groups in total. The normalized spacial score (nSPS) is 16.1. The van der Waals surface area contributed by atoms with E-state index in [4.69, 9.17) is 27.1 Å². The van der Waals surface area contributed by atoms with Crippen molar-refractivity contribution < 1.29 is 158 Å². The maximum atomic E-state index is 13.4. The quantitative estimate of drug-likeness (QED) is 0.0885. The Kier molecular flexibility index (Phi) is 26.0. The number of phosphoric acid groups is 3. The molecule has 3 atom stereocenters. The Hall–Kier alpha value is -5.13. The number of rotatable bonds is 12. The molecule has 0 saturated heterocycles. The molecule has 0 aliphatic carbocycles. The van der Waals surface area contributed by atoms with Gasteiger partial charge in [0.2, 0.25) is 0 Å². The summed E-state index contributed by atoms with van der Waals surface area (Å²) in [7, 11) is -17.7. The van der Waals surface area contributed by atoms with Crippen LogP contribution >= 0.6 is 116 Å². The van der Waals surface area contributed by atoms with E-state index in [1.165, 1.54) is 11.8 Å². The van der Waals surface area contributed by atoms with Crippen molar-refractivity contribution in [3.63, 3.8) is 0 Å². The summed E-state index contributed by atoms with van der Waals surface area (Å²) in [6.07, 6.45) is 10.0. The molecule has 0 radical (unpaired) electrons. The molecule has 0 bridgehead atoms. The first-order valence-electron chi connectivity index (χ1n) is 31.6. The van der Waals surface area contributed by atoms with Crippen molar-refractivity contribution in [2.24, 2.45) is 0 Å². The summed E-state index contributed by atoms with van der Waals surface area (Å²) < 4.78 is 104. The van der Waals surface area contributed by atoms with Crippen LogP contribution in [0.15, 0.2) is 284 Å². The first-order valence-corrected chi connectivity index (χ1v) is 45.1. The second-order valence-electron chi connectivity index (χ2n) is 23.2. The van der Waals surface area contributed by atoms with Crippen molar-refractivity contribution in [1.29, 1.82) is 0 Å². The molecule has 10 heterocycles. The van der Waals surface area contributed by atoms with E-state index in [0.717, 1.165) is 70.5 Å². The van der Waals surface area contributed by atoms with Crippen LogP contribution in [-0.4, -0.2) is 13.5 Å². The molecule has 8 aromatic carbocycles. The van der Waals surface area contributed by atoms with E-state index in [9.17, 15) is 41.9 Å². The van der Waals surface area contributed by atoms with Crippen molar-refractivity contribution in [1.82, 2.24) is 0 Å². The molecule has 524 valence electrons. The first kappa shape index (κ1) is 80.9. The van der Waals surface area contributed by atoms with Crippen LogP contribution in [0.5, 0.6) is 5.75 Å². The van der Waals surface area contributed by atoms with Crippen LogP contribution in [0, 0.1) is 6.92 Å². The number of hydrogen-bond donors (Lipinski definition) is 1. The van der Waals surface area contributed by atoms with Crippen LogP contribution in [0.4, 0.5) is 0 Å². The number of thiophene rings is 4. The van der Waals surface area contributed by atoms with Crippen LogP contribution in [0.1, 0.15) is 72.3 Å². The van der Waals surface area contributed by atoms with Gasteiger partial charge >= 0.3 is 112 Å². The minimum absolute atomic E-state index is 0. The maximum Gasteiger partial charge on any atom is 1.00 e. The predicted octanol–water partition coefficient (Wildman–Crippen LogP) is 12.7. The molecule has 6 aliphatic heterocycles. The van der Waals surface area contributed by atoms with Crippen LogP contribution in [0.25, 0.3) is 71.0 Å². The molecule has 18 rings (SSSR count). The molecule has 15 nitrogen and oxygen atoms in total. The van der Waals surface area contributed by atoms with E-state index in [2.05, 4.69) is 0 Å². The van der Waals surface area contributed by atoms with Gasteiger partial charge in [-0.3, -0.25) is 0 Å². The number of fused-ring (bicyclic) bond motifs is 12. The summed E-state index contributed by atoms with van der Waals surface area (Å²) in [5, 5.41) is 18.4. The van der Waals surface area contributed by atoms with Gasteiger partial charge in [0.25, 0.3) is 0 Å². The van der Waals surface area contributed by atoms with Crippen molar-refractivity contribution in [3.05, 3.63) is 300 Å². The smallest absolute Gasteiger partial charge is 0.736 e. The van der Waals surface area contributed by atoms with Gasteiger partial charge in [0.05, 0.1) is 62.9 Å².